The molecule has 1 fully saturated rings. The molecule has 2 heteroatoms. The summed E-state index contributed by atoms with van der Waals surface area (Å²) in [6.07, 6.45) is 5.28. The van der Waals surface area contributed by atoms with Crippen LogP contribution in [-0.4, -0.2) is 25.2 Å². The zero-order valence-electron chi connectivity index (χ0n) is 12.7. The smallest absolute Gasteiger partial charge is 0.0371 e. The lowest BCUT2D eigenvalue weighted by atomic mass is 9.89. The van der Waals surface area contributed by atoms with E-state index in [0.29, 0.717) is 0 Å². The fraction of sp³-hybridized carbons (Fsp3) is 0.647. The predicted molar refractivity (Wildman–Crippen MR) is 83.9 cm³/mol. The number of aryl methyl sites for hydroxylation is 1. The molecule has 0 saturated heterocycles. The first kappa shape index (κ1) is 14.4. The van der Waals surface area contributed by atoms with Crippen molar-refractivity contribution in [2.45, 2.75) is 58.5 Å². The molecule has 0 amide bonds. The van der Waals surface area contributed by atoms with Gasteiger partial charge in [-0.05, 0) is 63.8 Å². The standard InChI is InChI=1S/C17H28N2/c1-4-18-15-9-11-16(12-10-15)19(5-2)17-8-6-7-14(3)13-17/h6-8,13,15-16,18H,4-5,9-12H2,1-3H3. The van der Waals surface area contributed by atoms with E-state index in [2.05, 4.69) is 55.3 Å². The van der Waals surface area contributed by atoms with Gasteiger partial charge in [0.25, 0.3) is 0 Å². The maximum absolute atomic E-state index is 3.59. The molecule has 1 aliphatic rings. The van der Waals surface area contributed by atoms with Crippen LogP contribution in [0.4, 0.5) is 5.69 Å². The number of hydrogen-bond acceptors (Lipinski definition) is 2. The lowest BCUT2D eigenvalue weighted by Crippen LogP contribution is -2.42. The van der Waals surface area contributed by atoms with Crippen LogP contribution in [0.2, 0.25) is 0 Å². The topological polar surface area (TPSA) is 15.3 Å². The molecule has 0 unspecified atom stereocenters. The fourth-order valence-electron chi connectivity index (χ4n) is 3.34. The molecule has 1 aromatic carbocycles. The molecule has 2 rings (SSSR count). The van der Waals surface area contributed by atoms with Gasteiger partial charge in [0.15, 0.2) is 0 Å². The number of nitrogens with zero attached hydrogens (tertiary/aromatic N) is 1. The van der Waals surface area contributed by atoms with Crippen molar-refractivity contribution in [2.75, 3.05) is 18.0 Å². The molecular weight excluding hydrogens is 232 g/mol. The molecule has 0 spiro atoms. The van der Waals surface area contributed by atoms with E-state index < -0.39 is 0 Å². The zero-order valence-corrected chi connectivity index (χ0v) is 12.7. The van der Waals surface area contributed by atoms with Crippen LogP contribution in [0.3, 0.4) is 0 Å². The van der Waals surface area contributed by atoms with E-state index in [9.17, 15) is 0 Å². The molecule has 19 heavy (non-hydrogen) atoms. The molecule has 0 aliphatic heterocycles. The molecule has 1 aliphatic carbocycles. The summed E-state index contributed by atoms with van der Waals surface area (Å²) >= 11 is 0. The van der Waals surface area contributed by atoms with Crippen LogP contribution in [0.15, 0.2) is 24.3 Å². The Morgan fingerprint density at radius 3 is 2.47 bits per heavy atom. The Morgan fingerprint density at radius 1 is 1.16 bits per heavy atom. The Kier molecular flexibility index (Phi) is 5.26. The van der Waals surface area contributed by atoms with Crippen molar-refractivity contribution in [1.29, 1.82) is 0 Å². The monoisotopic (exact) mass is 260 g/mol. The minimum atomic E-state index is 0.724. The van der Waals surface area contributed by atoms with E-state index >= 15 is 0 Å². The molecule has 0 atom stereocenters. The van der Waals surface area contributed by atoms with E-state index in [1.807, 2.05) is 0 Å². The van der Waals surface area contributed by atoms with Gasteiger partial charge in [-0.15, -0.1) is 0 Å². The molecule has 1 saturated carbocycles. The largest absolute Gasteiger partial charge is 0.369 e. The SMILES string of the molecule is CCNC1CCC(N(CC)c2cccc(C)c2)CC1. The van der Waals surface area contributed by atoms with Gasteiger partial charge < -0.3 is 10.2 Å². The van der Waals surface area contributed by atoms with Gasteiger partial charge in [0.05, 0.1) is 0 Å². The van der Waals surface area contributed by atoms with Crippen LogP contribution in [0.1, 0.15) is 45.1 Å². The molecule has 0 radical (unpaired) electrons. The summed E-state index contributed by atoms with van der Waals surface area (Å²) in [5.74, 6) is 0. The van der Waals surface area contributed by atoms with E-state index in [1.165, 1.54) is 36.9 Å². The Balaban J connectivity index is 1.99. The molecule has 0 aromatic heterocycles. The second-order valence-electron chi connectivity index (χ2n) is 5.69. The van der Waals surface area contributed by atoms with Gasteiger partial charge in [0, 0.05) is 24.3 Å². The number of hydrogen-bond donors (Lipinski definition) is 1. The van der Waals surface area contributed by atoms with E-state index in [1.54, 1.807) is 0 Å². The quantitative estimate of drug-likeness (QED) is 0.867. The van der Waals surface area contributed by atoms with Crippen molar-refractivity contribution >= 4 is 5.69 Å². The first-order valence-corrected chi connectivity index (χ1v) is 7.81. The fourth-order valence-corrected chi connectivity index (χ4v) is 3.34. The normalized spacial score (nSPS) is 23.3. The van der Waals surface area contributed by atoms with E-state index in [-0.39, 0.29) is 0 Å². The molecular formula is C17H28N2. The minimum absolute atomic E-state index is 0.724. The summed E-state index contributed by atoms with van der Waals surface area (Å²) in [5.41, 5.74) is 2.76. The van der Waals surface area contributed by atoms with Crippen molar-refractivity contribution in [2.24, 2.45) is 0 Å². The average molecular weight is 260 g/mol. The van der Waals surface area contributed by atoms with Crippen molar-refractivity contribution in [3.63, 3.8) is 0 Å². The third kappa shape index (κ3) is 3.73. The van der Waals surface area contributed by atoms with Crippen molar-refractivity contribution in [3.8, 4) is 0 Å². The van der Waals surface area contributed by atoms with Crippen LogP contribution < -0.4 is 10.2 Å². The highest BCUT2D eigenvalue weighted by molar-refractivity contribution is 5.49. The van der Waals surface area contributed by atoms with E-state index in [0.717, 1.165) is 25.2 Å². The Morgan fingerprint density at radius 2 is 1.89 bits per heavy atom. The zero-order chi connectivity index (χ0) is 13.7. The number of rotatable bonds is 5. The molecule has 1 aromatic rings. The summed E-state index contributed by atoms with van der Waals surface area (Å²) in [5, 5.41) is 3.59. The van der Waals surface area contributed by atoms with Gasteiger partial charge >= 0.3 is 0 Å². The Bertz CT molecular complexity index is 381. The van der Waals surface area contributed by atoms with Crippen LogP contribution in [0, 0.1) is 6.92 Å². The van der Waals surface area contributed by atoms with Crippen LogP contribution in [0.5, 0.6) is 0 Å². The predicted octanol–water partition coefficient (Wildman–Crippen LogP) is 3.74. The summed E-state index contributed by atoms with van der Waals surface area (Å²) in [7, 11) is 0. The maximum Gasteiger partial charge on any atom is 0.0371 e. The highest BCUT2D eigenvalue weighted by Gasteiger charge is 2.24. The van der Waals surface area contributed by atoms with Crippen molar-refractivity contribution in [1.82, 2.24) is 5.32 Å². The first-order chi connectivity index (χ1) is 9.24. The van der Waals surface area contributed by atoms with Gasteiger partial charge in [-0.1, -0.05) is 19.1 Å². The maximum atomic E-state index is 3.59. The van der Waals surface area contributed by atoms with Gasteiger partial charge in [-0.25, -0.2) is 0 Å². The van der Waals surface area contributed by atoms with Crippen molar-refractivity contribution < 1.29 is 0 Å². The third-order valence-electron chi connectivity index (χ3n) is 4.30. The molecule has 0 bridgehead atoms. The van der Waals surface area contributed by atoms with Crippen LogP contribution >= 0.6 is 0 Å². The highest BCUT2D eigenvalue weighted by Crippen LogP contribution is 2.27. The lowest BCUT2D eigenvalue weighted by Gasteiger charge is -2.38. The van der Waals surface area contributed by atoms with Crippen LogP contribution in [0.25, 0.3) is 0 Å². The van der Waals surface area contributed by atoms with E-state index in [4.69, 9.17) is 0 Å². The molecule has 1 N–H and O–H groups in total. The number of nitrogens with one attached hydrogen (secondary N) is 1. The van der Waals surface area contributed by atoms with Crippen LogP contribution in [-0.2, 0) is 0 Å². The highest BCUT2D eigenvalue weighted by atomic mass is 15.2. The summed E-state index contributed by atoms with van der Waals surface area (Å²) in [6, 6.07) is 10.4. The molecule has 0 heterocycles. The minimum Gasteiger partial charge on any atom is -0.369 e. The Hall–Kier alpha value is -1.02. The van der Waals surface area contributed by atoms with Gasteiger partial charge in [0.1, 0.15) is 0 Å². The summed E-state index contributed by atoms with van der Waals surface area (Å²) < 4.78 is 0. The molecule has 106 valence electrons. The average Bonchev–Trinajstić information content (AvgIpc) is 2.42. The summed E-state index contributed by atoms with van der Waals surface area (Å²) in [6.45, 7) is 8.88. The number of benzene rings is 1. The van der Waals surface area contributed by atoms with Gasteiger partial charge in [-0.3, -0.25) is 0 Å². The molecule has 2 nitrogen and oxygen atoms in total. The second-order valence-corrected chi connectivity index (χ2v) is 5.69. The van der Waals surface area contributed by atoms with Gasteiger partial charge in [0.2, 0.25) is 0 Å². The van der Waals surface area contributed by atoms with Gasteiger partial charge in [-0.2, -0.15) is 0 Å². The second kappa shape index (κ2) is 6.95. The van der Waals surface area contributed by atoms with Crippen molar-refractivity contribution in [3.05, 3.63) is 29.8 Å². The Labute approximate surface area is 118 Å². The number of anilines is 1. The lowest BCUT2D eigenvalue weighted by molar-refractivity contribution is 0.337. The third-order valence-corrected chi connectivity index (χ3v) is 4.30. The first-order valence-electron chi connectivity index (χ1n) is 7.81. The summed E-state index contributed by atoms with van der Waals surface area (Å²) in [4.78, 5) is 2.59.